The van der Waals surface area contributed by atoms with Gasteiger partial charge in [-0.25, -0.2) is 0 Å². The van der Waals surface area contributed by atoms with Crippen molar-refractivity contribution in [1.29, 1.82) is 0 Å². The van der Waals surface area contributed by atoms with E-state index in [1.165, 1.54) is 11.1 Å². The molecule has 1 aromatic heterocycles. The molecule has 0 aliphatic rings. The first-order valence-electron chi connectivity index (χ1n) is 7.25. The van der Waals surface area contributed by atoms with E-state index in [1.54, 1.807) is 6.26 Å². The molecule has 2 aromatic rings. The molecule has 4 nitrogen and oxygen atoms in total. The Morgan fingerprint density at radius 3 is 2.76 bits per heavy atom. The number of hydrogen-bond donors (Lipinski definition) is 2. The van der Waals surface area contributed by atoms with Gasteiger partial charge in [0.25, 0.3) is 0 Å². The van der Waals surface area contributed by atoms with Crippen LogP contribution in [0.15, 0.2) is 47.1 Å². The van der Waals surface area contributed by atoms with Crippen molar-refractivity contribution in [3.05, 3.63) is 59.5 Å². The summed E-state index contributed by atoms with van der Waals surface area (Å²) in [5.41, 5.74) is 2.53. The summed E-state index contributed by atoms with van der Waals surface area (Å²) in [6, 6.07) is 12.0. The van der Waals surface area contributed by atoms with Crippen LogP contribution in [-0.2, 0) is 11.2 Å². The maximum Gasteiger partial charge on any atom is 0.233 e. The van der Waals surface area contributed by atoms with Gasteiger partial charge in [-0.1, -0.05) is 24.3 Å². The van der Waals surface area contributed by atoms with Gasteiger partial charge in [0, 0.05) is 6.54 Å². The molecule has 0 bridgehead atoms. The highest BCUT2D eigenvalue weighted by Gasteiger charge is 2.09. The van der Waals surface area contributed by atoms with Crippen molar-refractivity contribution in [2.45, 2.75) is 26.3 Å². The Morgan fingerprint density at radius 2 is 2.05 bits per heavy atom. The van der Waals surface area contributed by atoms with E-state index in [0.717, 1.165) is 12.2 Å². The molecular formula is C17H22N2O2. The number of carbonyl (C=O) groups excluding carboxylic acids is 1. The number of nitrogens with one attached hydrogen (secondary N) is 2. The Balaban J connectivity index is 1.67. The summed E-state index contributed by atoms with van der Waals surface area (Å²) in [5.74, 6) is 0.838. The van der Waals surface area contributed by atoms with Crippen LogP contribution < -0.4 is 10.6 Å². The van der Waals surface area contributed by atoms with Gasteiger partial charge >= 0.3 is 0 Å². The minimum absolute atomic E-state index is 0.00184. The molecule has 0 radical (unpaired) electrons. The van der Waals surface area contributed by atoms with Crippen molar-refractivity contribution in [3.63, 3.8) is 0 Å². The normalized spacial score (nSPS) is 12.1. The quantitative estimate of drug-likeness (QED) is 0.822. The molecule has 112 valence electrons. The zero-order valence-corrected chi connectivity index (χ0v) is 12.6. The summed E-state index contributed by atoms with van der Waals surface area (Å²) in [7, 11) is 0. The van der Waals surface area contributed by atoms with E-state index in [2.05, 4.69) is 29.7 Å². The van der Waals surface area contributed by atoms with Crippen LogP contribution in [0.4, 0.5) is 0 Å². The molecule has 1 atom stereocenters. The summed E-state index contributed by atoms with van der Waals surface area (Å²) >= 11 is 0. The van der Waals surface area contributed by atoms with Gasteiger partial charge in [0.1, 0.15) is 5.76 Å². The lowest BCUT2D eigenvalue weighted by Gasteiger charge is -2.11. The Hall–Kier alpha value is -2.07. The number of carbonyl (C=O) groups is 1. The van der Waals surface area contributed by atoms with Gasteiger partial charge in [0.15, 0.2) is 0 Å². The predicted molar refractivity (Wildman–Crippen MR) is 83.0 cm³/mol. The number of amides is 1. The minimum atomic E-state index is 0.00184. The fourth-order valence-corrected chi connectivity index (χ4v) is 2.17. The number of furan rings is 1. The summed E-state index contributed by atoms with van der Waals surface area (Å²) in [6.45, 7) is 5.00. The summed E-state index contributed by atoms with van der Waals surface area (Å²) < 4.78 is 5.29. The molecule has 1 aromatic carbocycles. The molecule has 1 amide bonds. The van der Waals surface area contributed by atoms with Gasteiger partial charge in [-0.2, -0.15) is 0 Å². The van der Waals surface area contributed by atoms with Gasteiger partial charge < -0.3 is 9.73 Å². The van der Waals surface area contributed by atoms with Gasteiger partial charge in [0.2, 0.25) is 5.91 Å². The third-order valence-electron chi connectivity index (χ3n) is 3.52. The number of benzene rings is 1. The molecule has 4 heteroatoms. The maximum atomic E-state index is 11.8. The van der Waals surface area contributed by atoms with Crippen molar-refractivity contribution >= 4 is 5.91 Å². The van der Waals surface area contributed by atoms with Gasteiger partial charge in [-0.15, -0.1) is 0 Å². The molecule has 0 aliphatic heterocycles. The summed E-state index contributed by atoms with van der Waals surface area (Å²) in [5, 5.41) is 6.07. The van der Waals surface area contributed by atoms with E-state index in [1.807, 2.05) is 31.2 Å². The second-order valence-electron chi connectivity index (χ2n) is 5.14. The first kappa shape index (κ1) is 15.3. The van der Waals surface area contributed by atoms with Crippen molar-refractivity contribution in [1.82, 2.24) is 10.6 Å². The number of aryl methyl sites for hydroxylation is 1. The molecule has 0 aliphatic carbocycles. The molecule has 0 saturated carbocycles. The molecule has 0 spiro atoms. The standard InChI is InChI=1S/C17H22N2O2/c1-13-6-3-4-7-15(13)9-10-18-17(20)12-19-14(2)16-8-5-11-21-16/h3-8,11,14,19H,9-10,12H2,1-2H3,(H,18,20)/t14-/m1/s1. The second-order valence-corrected chi connectivity index (χ2v) is 5.14. The topological polar surface area (TPSA) is 54.3 Å². The van der Waals surface area contributed by atoms with E-state index < -0.39 is 0 Å². The third-order valence-corrected chi connectivity index (χ3v) is 3.52. The highest BCUT2D eigenvalue weighted by atomic mass is 16.3. The summed E-state index contributed by atoms with van der Waals surface area (Å²) in [4.78, 5) is 11.8. The lowest BCUT2D eigenvalue weighted by atomic mass is 10.1. The Bertz CT molecular complexity index is 564. The molecule has 21 heavy (non-hydrogen) atoms. The molecular weight excluding hydrogens is 264 g/mol. The van der Waals surface area contributed by atoms with Crippen LogP contribution in [-0.4, -0.2) is 19.0 Å². The van der Waals surface area contributed by atoms with Crippen LogP contribution in [0.5, 0.6) is 0 Å². The largest absolute Gasteiger partial charge is 0.468 e. The fourth-order valence-electron chi connectivity index (χ4n) is 2.17. The van der Waals surface area contributed by atoms with Crippen LogP contribution in [0, 0.1) is 6.92 Å². The van der Waals surface area contributed by atoms with E-state index in [0.29, 0.717) is 6.54 Å². The first-order valence-corrected chi connectivity index (χ1v) is 7.25. The van der Waals surface area contributed by atoms with Crippen LogP contribution >= 0.6 is 0 Å². The molecule has 2 N–H and O–H groups in total. The van der Waals surface area contributed by atoms with Crippen LogP contribution in [0.3, 0.4) is 0 Å². The number of hydrogen-bond acceptors (Lipinski definition) is 3. The van der Waals surface area contributed by atoms with Crippen molar-refractivity contribution in [2.75, 3.05) is 13.1 Å². The number of rotatable bonds is 7. The van der Waals surface area contributed by atoms with Crippen molar-refractivity contribution in [2.24, 2.45) is 0 Å². The van der Waals surface area contributed by atoms with Gasteiger partial charge in [0.05, 0.1) is 18.8 Å². The Labute approximate surface area is 125 Å². The highest BCUT2D eigenvalue weighted by Crippen LogP contribution is 2.11. The molecule has 0 saturated heterocycles. The van der Waals surface area contributed by atoms with Crippen LogP contribution in [0.1, 0.15) is 29.9 Å². The van der Waals surface area contributed by atoms with E-state index in [4.69, 9.17) is 4.42 Å². The predicted octanol–water partition coefficient (Wildman–Crippen LogP) is 2.60. The zero-order valence-electron chi connectivity index (χ0n) is 12.6. The molecule has 0 fully saturated rings. The molecule has 2 rings (SSSR count). The monoisotopic (exact) mass is 286 g/mol. The Morgan fingerprint density at radius 1 is 1.24 bits per heavy atom. The summed E-state index contributed by atoms with van der Waals surface area (Å²) in [6.07, 6.45) is 2.49. The smallest absolute Gasteiger partial charge is 0.233 e. The molecule has 0 unspecified atom stereocenters. The van der Waals surface area contributed by atoms with Gasteiger partial charge in [-0.05, 0) is 43.5 Å². The maximum absolute atomic E-state index is 11.8. The third kappa shape index (κ3) is 4.76. The zero-order chi connectivity index (χ0) is 15.1. The average molecular weight is 286 g/mol. The highest BCUT2D eigenvalue weighted by molar-refractivity contribution is 5.78. The van der Waals surface area contributed by atoms with Crippen LogP contribution in [0.25, 0.3) is 0 Å². The lowest BCUT2D eigenvalue weighted by Crippen LogP contribution is -2.36. The first-order chi connectivity index (χ1) is 10.2. The fraction of sp³-hybridized carbons (Fsp3) is 0.353. The van der Waals surface area contributed by atoms with E-state index >= 15 is 0 Å². The average Bonchev–Trinajstić information content (AvgIpc) is 3.01. The van der Waals surface area contributed by atoms with Gasteiger partial charge in [-0.3, -0.25) is 10.1 Å². The van der Waals surface area contributed by atoms with Crippen LogP contribution in [0.2, 0.25) is 0 Å². The second kappa shape index (κ2) is 7.64. The minimum Gasteiger partial charge on any atom is -0.468 e. The van der Waals surface area contributed by atoms with E-state index in [-0.39, 0.29) is 18.5 Å². The van der Waals surface area contributed by atoms with Crippen molar-refractivity contribution in [3.8, 4) is 0 Å². The van der Waals surface area contributed by atoms with E-state index in [9.17, 15) is 4.79 Å². The Kier molecular flexibility index (Phi) is 5.58. The van der Waals surface area contributed by atoms with Crippen molar-refractivity contribution < 1.29 is 9.21 Å². The molecule has 1 heterocycles. The SMILES string of the molecule is Cc1ccccc1CCNC(=O)CN[C@H](C)c1ccco1. The lowest BCUT2D eigenvalue weighted by molar-refractivity contribution is -0.120.